The fourth-order valence-corrected chi connectivity index (χ4v) is 3.59. The zero-order valence-electron chi connectivity index (χ0n) is 20.1. The molecule has 0 aliphatic carbocycles. The number of pyridine rings is 1. The van der Waals surface area contributed by atoms with Gasteiger partial charge in [-0.3, -0.25) is 4.79 Å². The Morgan fingerprint density at radius 3 is 2.51 bits per heavy atom. The first-order chi connectivity index (χ1) is 17.6. The minimum absolute atomic E-state index is 0.00974. The molecule has 0 bridgehead atoms. The Balaban J connectivity index is 1.64. The Morgan fingerprint density at radius 2 is 1.86 bits per heavy atom. The number of carbonyl (C=O) groups is 1. The summed E-state index contributed by atoms with van der Waals surface area (Å²) in [6, 6.07) is 5.94. The number of ether oxygens (including phenoxy) is 1. The van der Waals surface area contributed by atoms with Crippen molar-refractivity contribution in [1.82, 2.24) is 25.3 Å². The number of carbonyl (C=O) groups excluding carboxylic acids is 1. The summed E-state index contributed by atoms with van der Waals surface area (Å²) in [4.78, 5) is 29.2. The topological polar surface area (TPSA) is 141 Å². The first-order valence-electron chi connectivity index (χ1n) is 11.2. The van der Waals surface area contributed by atoms with Crippen LogP contribution >= 0.6 is 0 Å². The van der Waals surface area contributed by atoms with Gasteiger partial charge >= 0.3 is 6.18 Å². The molecule has 1 aromatic carbocycles. The molecule has 2 atom stereocenters. The second-order valence-corrected chi connectivity index (χ2v) is 8.25. The van der Waals surface area contributed by atoms with Gasteiger partial charge in [-0.15, -0.1) is 0 Å². The standard InChI is InChI=1S/C24H24F3N7O3/c1-12(32-23-29-9-4-10-30-23)11-31-21(35)19-20(13(2)28)37-22(34-19)15-5-7-16(36-3)18-14(15)6-8-17(33-18)24(25,26)27/h4-10,12-13H,11,28H2,1-3H3,(H,31,35)(H,29,30,32)/t12-,13+/m1/s1. The SMILES string of the molecule is COc1ccc(-c2nc(C(=O)NC[C@@H](C)Nc3ncccn3)c([C@H](C)N)o2)c2ccc(C(F)(F)F)nc12. The van der Waals surface area contributed by atoms with Crippen LogP contribution in [0.1, 0.15) is 41.8 Å². The molecule has 3 heterocycles. The van der Waals surface area contributed by atoms with Crippen LogP contribution in [0.15, 0.2) is 47.1 Å². The number of alkyl halides is 3. The van der Waals surface area contributed by atoms with Gasteiger partial charge in [-0.1, -0.05) is 0 Å². The lowest BCUT2D eigenvalue weighted by Crippen LogP contribution is -2.35. The number of amides is 1. The van der Waals surface area contributed by atoms with Gasteiger partial charge in [-0.05, 0) is 44.2 Å². The number of oxazole rings is 1. The summed E-state index contributed by atoms with van der Waals surface area (Å²) >= 11 is 0. The van der Waals surface area contributed by atoms with Gasteiger partial charge in [-0.2, -0.15) is 13.2 Å². The highest BCUT2D eigenvalue weighted by Crippen LogP contribution is 2.37. The fraction of sp³-hybridized carbons (Fsp3) is 0.292. The van der Waals surface area contributed by atoms with E-state index >= 15 is 0 Å². The molecule has 0 aliphatic rings. The average molecular weight is 515 g/mol. The molecule has 0 saturated heterocycles. The minimum Gasteiger partial charge on any atom is -0.494 e. The third kappa shape index (κ3) is 5.61. The van der Waals surface area contributed by atoms with E-state index in [4.69, 9.17) is 14.9 Å². The molecular weight excluding hydrogens is 491 g/mol. The normalized spacial score (nSPS) is 13.3. The molecule has 3 aromatic heterocycles. The van der Waals surface area contributed by atoms with Crippen molar-refractivity contribution in [3.63, 3.8) is 0 Å². The van der Waals surface area contributed by atoms with E-state index in [0.29, 0.717) is 16.9 Å². The molecule has 4 N–H and O–H groups in total. The number of nitrogens with zero attached hydrogens (tertiary/aromatic N) is 4. The van der Waals surface area contributed by atoms with Crippen molar-refractivity contribution in [2.75, 3.05) is 19.0 Å². The Labute approximate surface area is 209 Å². The van der Waals surface area contributed by atoms with Gasteiger partial charge in [-0.25, -0.2) is 19.9 Å². The molecule has 0 unspecified atom stereocenters. The summed E-state index contributed by atoms with van der Waals surface area (Å²) < 4.78 is 50.8. The van der Waals surface area contributed by atoms with Gasteiger partial charge in [0.2, 0.25) is 11.8 Å². The van der Waals surface area contributed by atoms with Crippen LogP contribution in [0.25, 0.3) is 22.4 Å². The fourth-order valence-electron chi connectivity index (χ4n) is 3.59. The Kier molecular flexibility index (Phi) is 7.25. The van der Waals surface area contributed by atoms with Crippen LogP contribution in [-0.2, 0) is 6.18 Å². The van der Waals surface area contributed by atoms with Crippen LogP contribution in [0, 0.1) is 0 Å². The average Bonchev–Trinajstić information content (AvgIpc) is 3.32. The number of methoxy groups -OCH3 is 1. The second kappa shape index (κ2) is 10.4. The molecule has 37 heavy (non-hydrogen) atoms. The van der Waals surface area contributed by atoms with Crippen LogP contribution in [0.5, 0.6) is 5.75 Å². The van der Waals surface area contributed by atoms with Gasteiger partial charge in [0.1, 0.15) is 17.0 Å². The lowest BCUT2D eigenvalue weighted by molar-refractivity contribution is -0.140. The molecular formula is C24H24F3N7O3. The summed E-state index contributed by atoms with van der Waals surface area (Å²) in [5.41, 5.74) is 5.23. The number of anilines is 1. The van der Waals surface area contributed by atoms with Gasteiger partial charge in [0.25, 0.3) is 5.91 Å². The van der Waals surface area contributed by atoms with E-state index in [9.17, 15) is 18.0 Å². The maximum absolute atomic E-state index is 13.3. The number of hydrogen-bond donors (Lipinski definition) is 3. The van der Waals surface area contributed by atoms with E-state index in [1.165, 1.54) is 19.2 Å². The van der Waals surface area contributed by atoms with Crippen LogP contribution in [0.4, 0.5) is 19.1 Å². The summed E-state index contributed by atoms with van der Waals surface area (Å²) in [7, 11) is 1.33. The highest BCUT2D eigenvalue weighted by atomic mass is 19.4. The number of halogens is 3. The van der Waals surface area contributed by atoms with Crippen molar-refractivity contribution in [2.24, 2.45) is 5.73 Å². The van der Waals surface area contributed by atoms with E-state index in [2.05, 4.69) is 30.6 Å². The predicted octanol–water partition coefficient (Wildman–Crippen LogP) is 3.96. The molecule has 0 spiro atoms. The molecule has 4 aromatic rings. The monoisotopic (exact) mass is 515 g/mol. The summed E-state index contributed by atoms with van der Waals surface area (Å²) in [6.45, 7) is 3.68. The van der Waals surface area contributed by atoms with Gasteiger partial charge in [0.05, 0.1) is 13.2 Å². The number of nitrogens with one attached hydrogen (secondary N) is 2. The summed E-state index contributed by atoms with van der Waals surface area (Å²) in [5.74, 6) is 0.169. The van der Waals surface area contributed by atoms with Crippen molar-refractivity contribution in [1.29, 1.82) is 0 Å². The van der Waals surface area contributed by atoms with E-state index < -0.39 is 23.8 Å². The Hall–Kier alpha value is -4.26. The summed E-state index contributed by atoms with van der Waals surface area (Å²) in [6.07, 6.45) is -1.45. The van der Waals surface area contributed by atoms with Crippen molar-refractivity contribution < 1.29 is 27.1 Å². The first-order valence-corrected chi connectivity index (χ1v) is 11.2. The maximum Gasteiger partial charge on any atom is 0.433 e. The van der Waals surface area contributed by atoms with Crippen molar-refractivity contribution in [3.8, 4) is 17.2 Å². The van der Waals surface area contributed by atoms with Crippen LogP contribution < -0.4 is 21.1 Å². The second-order valence-electron chi connectivity index (χ2n) is 8.25. The quantitative estimate of drug-likeness (QED) is 0.318. The van der Waals surface area contributed by atoms with Crippen molar-refractivity contribution in [3.05, 3.63) is 59.9 Å². The zero-order valence-corrected chi connectivity index (χ0v) is 20.1. The number of rotatable bonds is 8. The van der Waals surface area contributed by atoms with Gasteiger partial charge in [0, 0.05) is 35.9 Å². The molecule has 0 saturated carbocycles. The van der Waals surface area contributed by atoms with E-state index in [-0.39, 0.29) is 41.2 Å². The number of benzene rings is 1. The van der Waals surface area contributed by atoms with Crippen LogP contribution in [0.2, 0.25) is 0 Å². The number of aromatic nitrogens is 4. The molecule has 0 fully saturated rings. The molecule has 1 amide bonds. The lowest BCUT2D eigenvalue weighted by atomic mass is 10.1. The highest BCUT2D eigenvalue weighted by molar-refractivity contribution is 5.98. The molecule has 0 radical (unpaired) electrons. The molecule has 13 heteroatoms. The summed E-state index contributed by atoms with van der Waals surface area (Å²) in [5, 5.41) is 6.13. The molecule has 0 aliphatic heterocycles. The maximum atomic E-state index is 13.3. The van der Waals surface area contributed by atoms with Gasteiger partial charge in [0.15, 0.2) is 11.5 Å². The minimum atomic E-state index is -4.63. The highest BCUT2D eigenvalue weighted by Gasteiger charge is 2.33. The molecule has 4 rings (SSSR count). The lowest BCUT2D eigenvalue weighted by Gasteiger charge is -2.14. The van der Waals surface area contributed by atoms with E-state index in [0.717, 1.165) is 6.07 Å². The van der Waals surface area contributed by atoms with Gasteiger partial charge < -0.3 is 25.5 Å². The van der Waals surface area contributed by atoms with Crippen molar-refractivity contribution in [2.45, 2.75) is 32.1 Å². The Bertz CT molecular complexity index is 1410. The Morgan fingerprint density at radius 1 is 1.14 bits per heavy atom. The smallest absolute Gasteiger partial charge is 0.433 e. The van der Waals surface area contributed by atoms with E-state index in [1.54, 1.807) is 31.5 Å². The number of fused-ring (bicyclic) bond motifs is 1. The number of nitrogens with two attached hydrogens (primary N) is 1. The third-order valence-electron chi connectivity index (χ3n) is 5.35. The number of hydrogen-bond acceptors (Lipinski definition) is 9. The molecule has 194 valence electrons. The zero-order chi connectivity index (χ0) is 26.7. The van der Waals surface area contributed by atoms with Crippen LogP contribution in [0.3, 0.4) is 0 Å². The largest absolute Gasteiger partial charge is 0.494 e. The van der Waals surface area contributed by atoms with E-state index in [1.807, 2.05) is 6.92 Å². The van der Waals surface area contributed by atoms with Crippen molar-refractivity contribution >= 4 is 22.8 Å². The third-order valence-corrected chi connectivity index (χ3v) is 5.35. The molecule has 10 nitrogen and oxygen atoms in total. The first kappa shape index (κ1) is 25.8. The van der Waals surface area contributed by atoms with Crippen LogP contribution in [-0.4, -0.2) is 45.5 Å². The predicted molar refractivity (Wildman–Crippen MR) is 129 cm³/mol.